The zero-order chi connectivity index (χ0) is 17.1. The van der Waals surface area contributed by atoms with Gasteiger partial charge in [0.2, 0.25) is 11.7 Å². The first kappa shape index (κ1) is 16.2. The van der Waals surface area contributed by atoms with Crippen LogP contribution >= 0.6 is 23.2 Å². The molecule has 0 atom stereocenters. The Labute approximate surface area is 146 Å². The maximum Gasteiger partial charge on any atom is 0.245 e. The molecular formula is C16H9Cl2N3O3. The molecule has 1 aliphatic heterocycles. The Bertz CT molecular complexity index is 893. The Hall–Kier alpha value is -2.70. The SMILES string of the molecule is O=C(C1=COC(c2ccncc2)=NN=C1)c1cc(Cl)cc(Cl)c1O. The van der Waals surface area contributed by atoms with Crippen LogP contribution in [0.5, 0.6) is 5.75 Å². The van der Waals surface area contributed by atoms with Crippen LogP contribution in [0.4, 0.5) is 0 Å². The number of aromatic hydroxyl groups is 1. The molecule has 8 heteroatoms. The van der Waals surface area contributed by atoms with Crippen molar-refractivity contribution in [2.24, 2.45) is 10.2 Å². The highest BCUT2D eigenvalue weighted by molar-refractivity contribution is 6.37. The van der Waals surface area contributed by atoms with Gasteiger partial charge in [0.15, 0.2) is 0 Å². The van der Waals surface area contributed by atoms with Gasteiger partial charge in [0.05, 0.1) is 22.4 Å². The third-order valence-corrected chi connectivity index (χ3v) is 3.61. The molecule has 0 saturated heterocycles. The second kappa shape index (κ2) is 6.82. The lowest BCUT2D eigenvalue weighted by Crippen LogP contribution is -2.07. The van der Waals surface area contributed by atoms with Crippen LogP contribution in [-0.2, 0) is 4.74 Å². The first-order valence-electron chi connectivity index (χ1n) is 6.67. The Morgan fingerprint density at radius 2 is 1.92 bits per heavy atom. The van der Waals surface area contributed by atoms with Crippen molar-refractivity contribution in [2.75, 3.05) is 0 Å². The Morgan fingerprint density at radius 1 is 1.17 bits per heavy atom. The van der Waals surface area contributed by atoms with Crippen molar-refractivity contribution in [1.82, 2.24) is 4.98 Å². The molecule has 0 spiro atoms. The highest BCUT2D eigenvalue weighted by Gasteiger charge is 2.20. The fraction of sp³-hybridized carbons (Fsp3) is 0. The predicted octanol–water partition coefficient (Wildman–Crippen LogP) is 3.62. The number of rotatable bonds is 3. The van der Waals surface area contributed by atoms with E-state index in [-0.39, 0.29) is 32.8 Å². The summed E-state index contributed by atoms with van der Waals surface area (Å²) in [5, 5.41) is 17.9. The van der Waals surface area contributed by atoms with Gasteiger partial charge in [0, 0.05) is 23.0 Å². The van der Waals surface area contributed by atoms with E-state index in [4.69, 9.17) is 27.9 Å². The summed E-state index contributed by atoms with van der Waals surface area (Å²) < 4.78 is 5.41. The van der Waals surface area contributed by atoms with E-state index < -0.39 is 5.78 Å². The number of Topliss-reactive ketones (excluding diaryl/α,β-unsaturated/α-hetero) is 1. The topological polar surface area (TPSA) is 84.1 Å². The van der Waals surface area contributed by atoms with Crippen molar-refractivity contribution in [1.29, 1.82) is 0 Å². The summed E-state index contributed by atoms with van der Waals surface area (Å²) in [6, 6.07) is 6.04. The second-order valence-corrected chi connectivity index (χ2v) is 5.53. The van der Waals surface area contributed by atoms with Crippen LogP contribution in [0.25, 0.3) is 0 Å². The molecule has 120 valence electrons. The van der Waals surface area contributed by atoms with E-state index in [0.29, 0.717) is 5.56 Å². The van der Waals surface area contributed by atoms with Crippen LogP contribution in [-0.4, -0.2) is 28.0 Å². The van der Waals surface area contributed by atoms with Gasteiger partial charge in [-0.25, -0.2) is 0 Å². The summed E-state index contributed by atoms with van der Waals surface area (Å²) in [6.45, 7) is 0. The summed E-state index contributed by atoms with van der Waals surface area (Å²) in [7, 11) is 0. The molecule has 0 radical (unpaired) electrons. The molecule has 2 aromatic rings. The van der Waals surface area contributed by atoms with Gasteiger partial charge < -0.3 is 9.84 Å². The second-order valence-electron chi connectivity index (χ2n) is 4.69. The molecule has 1 N–H and O–H groups in total. The van der Waals surface area contributed by atoms with E-state index in [1.165, 1.54) is 24.6 Å². The lowest BCUT2D eigenvalue weighted by Gasteiger charge is -2.06. The van der Waals surface area contributed by atoms with Gasteiger partial charge in [-0.2, -0.15) is 5.10 Å². The van der Waals surface area contributed by atoms with Gasteiger partial charge in [0.1, 0.15) is 12.0 Å². The van der Waals surface area contributed by atoms with Crippen LogP contribution in [0.15, 0.2) is 58.7 Å². The lowest BCUT2D eigenvalue weighted by molar-refractivity contribution is 0.103. The van der Waals surface area contributed by atoms with Crippen LogP contribution < -0.4 is 0 Å². The number of nitrogens with zero attached hydrogens (tertiary/aromatic N) is 3. The van der Waals surface area contributed by atoms with E-state index in [2.05, 4.69) is 15.2 Å². The molecule has 1 aromatic carbocycles. The minimum absolute atomic E-state index is 0.0216. The largest absolute Gasteiger partial charge is 0.506 e. The fourth-order valence-electron chi connectivity index (χ4n) is 1.94. The number of benzene rings is 1. The number of hydrogen-bond donors (Lipinski definition) is 1. The normalized spacial score (nSPS) is 13.6. The van der Waals surface area contributed by atoms with Crippen molar-refractivity contribution in [2.45, 2.75) is 0 Å². The molecule has 1 aromatic heterocycles. The summed E-state index contributed by atoms with van der Waals surface area (Å²) in [5.74, 6) is -0.698. The van der Waals surface area contributed by atoms with Gasteiger partial charge in [-0.1, -0.05) is 23.2 Å². The van der Waals surface area contributed by atoms with Crippen LogP contribution in [0.2, 0.25) is 10.0 Å². The number of hydrogen-bond acceptors (Lipinski definition) is 6. The molecule has 6 nitrogen and oxygen atoms in total. The van der Waals surface area contributed by atoms with Gasteiger partial charge in [-0.3, -0.25) is 9.78 Å². The van der Waals surface area contributed by atoms with E-state index in [1.807, 2.05) is 0 Å². The first-order valence-corrected chi connectivity index (χ1v) is 7.43. The number of phenolic OH excluding ortho intramolecular Hbond substituents is 1. The minimum atomic E-state index is -0.549. The van der Waals surface area contributed by atoms with Gasteiger partial charge >= 0.3 is 0 Å². The number of phenols is 1. The van der Waals surface area contributed by atoms with Crippen molar-refractivity contribution in [3.05, 3.63) is 69.7 Å². The zero-order valence-corrected chi connectivity index (χ0v) is 13.5. The maximum absolute atomic E-state index is 12.5. The highest BCUT2D eigenvalue weighted by atomic mass is 35.5. The zero-order valence-electron chi connectivity index (χ0n) is 12.0. The van der Waals surface area contributed by atoms with Gasteiger partial charge in [-0.05, 0) is 24.3 Å². The van der Waals surface area contributed by atoms with Gasteiger partial charge in [-0.15, -0.1) is 5.10 Å². The van der Waals surface area contributed by atoms with Crippen molar-refractivity contribution in [3.63, 3.8) is 0 Å². The van der Waals surface area contributed by atoms with E-state index in [9.17, 15) is 9.90 Å². The number of carbonyl (C=O) groups is 1. The molecular weight excluding hydrogens is 353 g/mol. The Kier molecular flexibility index (Phi) is 4.59. The number of allylic oxidation sites excluding steroid dienone is 1. The summed E-state index contributed by atoms with van der Waals surface area (Å²) >= 11 is 11.7. The summed E-state index contributed by atoms with van der Waals surface area (Å²) in [6.07, 6.45) is 5.59. The molecule has 0 aliphatic carbocycles. The fourth-order valence-corrected chi connectivity index (χ4v) is 2.44. The van der Waals surface area contributed by atoms with Crippen molar-refractivity contribution >= 4 is 41.1 Å². The van der Waals surface area contributed by atoms with E-state index >= 15 is 0 Å². The van der Waals surface area contributed by atoms with E-state index in [1.54, 1.807) is 24.5 Å². The van der Waals surface area contributed by atoms with Crippen molar-refractivity contribution < 1.29 is 14.6 Å². The average molecular weight is 362 g/mol. The Balaban J connectivity index is 1.90. The predicted molar refractivity (Wildman–Crippen MR) is 90.9 cm³/mol. The molecule has 0 amide bonds. The third kappa shape index (κ3) is 3.29. The van der Waals surface area contributed by atoms with Crippen LogP contribution in [0.3, 0.4) is 0 Å². The number of ether oxygens (including phenoxy) is 1. The first-order chi connectivity index (χ1) is 11.6. The summed E-state index contributed by atoms with van der Waals surface area (Å²) in [4.78, 5) is 16.4. The molecule has 0 saturated carbocycles. The number of carbonyl (C=O) groups excluding carboxylic acids is 1. The Morgan fingerprint density at radius 3 is 2.67 bits per heavy atom. The smallest absolute Gasteiger partial charge is 0.245 e. The molecule has 1 aliphatic rings. The number of halogens is 2. The van der Waals surface area contributed by atoms with E-state index in [0.717, 1.165) is 0 Å². The minimum Gasteiger partial charge on any atom is -0.506 e. The lowest BCUT2D eigenvalue weighted by atomic mass is 10.0. The quantitative estimate of drug-likeness (QED) is 0.846. The molecule has 2 heterocycles. The van der Waals surface area contributed by atoms with Crippen LogP contribution in [0, 0.1) is 0 Å². The third-order valence-electron chi connectivity index (χ3n) is 3.11. The molecule has 24 heavy (non-hydrogen) atoms. The van der Waals surface area contributed by atoms with Crippen LogP contribution in [0.1, 0.15) is 15.9 Å². The standard InChI is InChI=1S/C16H9Cl2N3O3/c17-11-5-12(15(23)13(18)6-11)14(22)10-7-20-21-16(24-8-10)9-1-3-19-4-2-9/h1-8,23H. The maximum atomic E-state index is 12.5. The number of ketones is 1. The monoisotopic (exact) mass is 361 g/mol. The molecule has 3 rings (SSSR count). The number of pyridine rings is 1. The molecule has 0 unspecified atom stereocenters. The average Bonchev–Trinajstić information content (AvgIpc) is 2.84. The van der Waals surface area contributed by atoms with Crippen molar-refractivity contribution in [3.8, 4) is 5.75 Å². The number of aromatic nitrogens is 1. The highest BCUT2D eigenvalue weighted by Crippen LogP contribution is 2.32. The molecule has 0 fully saturated rings. The van der Waals surface area contributed by atoms with Gasteiger partial charge in [0.25, 0.3) is 0 Å². The summed E-state index contributed by atoms with van der Waals surface area (Å²) in [5.41, 5.74) is 0.679. The molecule has 0 bridgehead atoms.